The van der Waals surface area contributed by atoms with Gasteiger partial charge in [-0.3, -0.25) is 0 Å². The summed E-state index contributed by atoms with van der Waals surface area (Å²) in [5.41, 5.74) is 8.46. The van der Waals surface area contributed by atoms with Gasteiger partial charge in [-0.15, -0.1) is 0 Å². The molecule has 0 aromatic heterocycles. The summed E-state index contributed by atoms with van der Waals surface area (Å²) in [4.78, 5) is 0. The summed E-state index contributed by atoms with van der Waals surface area (Å²) >= 11 is 0. The topological polar surface area (TPSA) is 0 Å². The maximum absolute atomic E-state index is 2.40. The van der Waals surface area contributed by atoms with E-state index in [0.717, 1.165) is 6.42 Å². The second-order valence-corrected chi connectivity index (χ2v) is 5.80. The van der Waals surface area contributed by atoms with Crippen molar-refractivity contribution in [2.24, 2.45) is 5.92 Å². The Hall–Kier alpha value is -1.82. The lowest BCUT2D eigenvalue weighted by Gasteiger charge is -2.08. The van der Waals surface area contributed by atoms with Crippen molar-refractivity contribution in [2.75, 3.05) is 0 Å². The number of fused-ring (bicyclic) bond motifs is 1. The van der Waals surface area contributed by atoms with Crippen molar-refractivity contribution in [3.63, 3.8) is 0 Å². The van der Waals surface area contributed by atoms with Gasteiger partial charge in [-0.2, -0.15) is 0 Å². The highest BCUT2D eigenvalue weighted by Gasteiger charge is 2.17. The summed E-state index contributed by atoms with van der Waals surface area (Å²) in [6.45, 7) is 6.70. The van der Waals surface area contributed by atoms with Crippen LogP contribution < -0.4 is 0 Å². The predicted molar refractivity (Wildman–Crippen MR) is 83.1 cm³/mol. The van der Waals surface area contributed by atoms with Crippen LogP contribution >= 0.6 is 0 Å². The number of allylic oxidation sites excluding steroid dienone is 1. The molecule has 0 heteroatoms. The lowest BCUT2D eigenvalue weighted by atomic mass is 9.96. The fraction of sp³-hybridized carbons (Fsp3) is 0.263. The zero-order valence-corrected chi connectivity index (χ0v) is 11.9. The molecule has 3 rings (SSSR count). The number of benzene rings is 2. The molecule has 0 atom stereocenters. The molecule has 0 heterocycles. The predicted octanol–water partition coefficient (Wildman–Crippen LogP) is 5.26. The molecule has 0 spiro atoms. The van der Waals surface area contributed by atoms with E-state index in [1.165, 1.54) is 27.8 Å². The highest BCUT2D eigenvalue weighted by molar-refractivity contribution is 5.80. The van der Waals surface area contributed by atoms with Gasteiger partial charge < -0.3 is 0 Å². The molecule has 2 aromatic rings. The first-order valence-corrected chi connectivity index (χ1v) is 7.04. The van der Waals surface area contributed by atoms with Gasteiger partial charge in [0.25, 0.3) is 0 Å². The van der Waals surface area contributed by atoms with Gasteiger partial charge in [-0.05, 0) is 41.5 Å². The lowest BCUT2D eigenvalue weighted by molar-refractivity contribution is 0.754. The van der Waals surface area contributed by atoms with Crippen LogP contribution in [0.1, 0.15) is 30.5 Å². The number of hydrogen-bond acceptors (Lipinski definition) is 0. The standard InChI is InChI=1S/C19H20/c1-13(2)17-11-16-5-4-6-18(19(16)12-17)15-9-7-14(3)8-10-15/h4-10,12-13H,11H2,1-3H3. The van der Waals surface area contributed by atoms with E-state index in [2.05, 4.69) is 69.3 Å². The summed E-state index contributed by atoms with van der Waals surface area (Å²) in [6, 6.07) is 15.5. The molecule has 0 amide bonds. The van der Waals surface area contributed by atoms with Gasteiger partial charge in [0.15, 0.2) is 0 Å². The van der Waals surface area contributed by atoms with E-state index in [-0.39, 0.29) is 0 Å². The molecule has 19 heavy (non-hydrogen) atoms. The largest absolute Gasteiger partial charge is 0.0626 e. The lowest BCUT2D eigenvalue weighted by Crippen LogP contribution is -1.92. The highest BCUT2D eigenvalue weighted by atomic mass is 14.2. The molecule has 0 N–H and O–H groups in total. The minimum absolute atomic E-state index is 0.637. The third-order valence-electron chi connectivity index (χ3n) is 4.02. The summed E-state index contributed by atoms with van der Waals surface area (Å²) in [6.07, 6.45) is 3.52. The first-order valence-electron chi connectivity index (χ1n) is 7.04. The molecular formula is C19H20. The fourth-order valence-electron chi connectivity index (χ4n) is 2.75. The molecule has 1 aliphatic rings. The van der Waals surface area contributed by atoms with Crippen molar-refractivity contribution in [3.05, 3.63) is 64.7 Å². The van der Waals surface area contributed by atoms with Crippen molar-refractivity contribution in [2.45, 2.75) is 27.2 Å². The Morgan fingerprint density at radius 2 is 1.68 bits per heavy atom. The monoisotopic (exact) mass is 248 g/mol. The first kappa shape index (κ1) is 12.2. The second-order valence-electron chi connectivity index (χ2n) is 5.80. The van der Waals surface area contributed by atoms with Crippen LogP contribution in [0, 0.1) is 12.8 Å². The fourth-order valence-corrected chi connectivity index (χ4v) is 2.75. The molecule has 0 unspecified atom stereocenters. The normalized spacial score (nSPS) is 13.6. The van der Waals surface area contributed by atoms with E-state index in [4.69, 9.17) is 0 Å². The van der Waals surface area contributed by atoms with Crippen molar-refractivity contribution in [1.29, 1.82) is 0 Å². The Morgan fingerprint density at radius 3 is 2.37 bits per heavy atom. The van der Waals surface area contributed by atoms with Gasteiger partial charge in [0, 0.05) is 0 Å². The van der Waals surface area contributed by atoms with Gasteiger partial charge in [0.1, 0.15) is 0 Å². The molecule has 96 valence electrons. The van der Waals surface area contributed by atoms with Crippen molar-refractivity contribution < 1.29 is 0 Å². The summed E-state index contributed by atoms with van der Waals surface area (Å²) in [7, 11) is 0. The minimum atomic E-state index is 0.637. The van der Waals surface area contributed by atoms with E-state index in [9.17, 15) is 0 Å². The maximum Gasteiger partial charge on any atom is -0.00550 e. The Kier molecular flexibility index (Phi) is 3.02. The van der Waals surface area contributed by atoms with Crippen LogP contribution in [0.15, 0.2) is 48.0 Å². The smallest absolute Gasteiger partial charge is 0.00550 e. The molecule has 0 aliphatic heterocycles. The maximum atomic E-state index is 2.40. The summed E-state index contributed by atoms with van der Waals surface area (Å²) in [5, 5.41) is 0. The third kappa shape index (κ3) is 2.23. The van der Waals surface area contributed by atoms with Crippen LogP contribution in [0.25, 0.3) is 17.2 Å². The zero-order valence-electron chi connectivity index (χ0n) is 11.9. The average Bonchev–Trinajstić information content (AvgIpc) is 2.83. The van der Waals surface area contributed by atoms with Gasteiger partial charge in [-0.1, -0.05) is 73.5 Å². The molecule has 0 nitrogen and oxygen atoms in total. The van der Waals surface area contributed by atoms with E-state index in [1.54, 1.807) is 5.57 Å². The molecule has 0 bridgehead atoms. The van der Waals surface area contributed by atoms with Gasteiger partial charge in [0.05, 0.1) is 0 Å². The number of rotatable bonds is 2. The SMILES string of the molecule is Cc1ccc(-c2cccc3c2C=C(C(C)C)C3)cc1. The van der Waals surface area contributed by atoms with E-state index >= 15 is 0 Å². The first-order chi connectivity index (χ1) is 9.15. The van der Waals surface area contributed by atoms with Crippen LogP contribution in [0.5, 0.6) is 0 Å². The van der Waals surface area contributed by atoms with Crippen LogP contribution in [-0.2, 0) is 6.42 Å². The Morgan fingerprint density at radius 1 is 0.947 bits per heavy atom. The van der Waals surface area contributed by atoms with E-state index in [0.29, 0.717) is 5.92 Å². The summed E-state index contributed by atoms with van der Waals surface area (Å²) < 4.78 is 0. The molecule has 0 saturated carbocycles. The van der Waals surface area contributed by atoms with E-state index < -0.39 is 0 Å². The van der Waals surface area contributed by atoms with Crippen molar-refractivity contribution in [1.82, 2.24) is 0 Å². The van der Waals surface area contributed by atoms with Crippen LogP contribution in [-0.4, -0.2) is 0 Å². The number of hydrogen-bond donors (Lipinski definition) is 0. The average molecular weight is 248 g/mol. The highest BCUT2D eigenvalue weighted by Crippen LogP contribution is 2.36. The van der Waals surface area contributed by atoms with Crippen LogP contribution in [0.2, 0.25) is 0 Å². The van der Waals surface area contributed by atoms with E-state index in [1.807, 2.05) is 0 Å². The van der Waals surface area contributed by atoms with Crippen molar-refractivity contribution >= 4 is 6.08 Å². The van der Waals surface area contributed by atoms with Crippen LogP contribution in [0.3, 0.4) is 0 Å². The Bertz CT molecular complexity index is 628. The molecule has 1 aliphatic carbocycles. The van der Waals surface area contributed by atoms with Crippen molar-refractivity contribution in [3.8, 4) is 11.1 Å². The second kappa shape index (κ2) is 4.70. The van der Waals surface area contributed by atoms with Gasteiger partial charge in [0.2, 0.25) is 0 Å². The molecule has 0 saturated heterocycles. The zero-order chi connectivity index (χ0) is 13.4. The van der Waals surface area contributed by atoms with Gasteiger partial charge >= 0.3 is 0 Å². The Labute approximate surface area is 115 Å². The third-order valence-corrected chi connectivity index (χ3v) is 4.02. The quantitative estimate of drug-likeness (QED) is 0.680. The van der Waals surface area contributed by atoms with Crippen LogP contribution in [0.4, 0.5) is 0 Å². The minimum Gasteiger partial charge on any atom is -0.0626 e. The molecule has 0 radical (unpaired) electrons. The molecule has 2 aromatic carbocycles. The molecular weight excluding hydrogens is 228 g/mol. The Balaban J connectivity index is 2.10. The van der Waals surface area contributed by atoms with Gasteiger partial charge in [-0.25, -0.2) is 0 Å². The number of aryl methyl sites for hydroxylation is 1. The summed E-state index contributed by atoms with van der Waals surface area (Å²) in [5.74, 6) is 0.637. The molecule has 0 fully saturated rings.